The zero-order valence-electron chi connectivity index (χ0n) is 9.00. The topological polar surface area (TPSA) is 21.3 Å². The molecule has 1 N–H and O–H groups in total. The number of methoxy groups -OCH3 is 1. The highest BCUT2D eigenvalue weighted by molar-refractivity contribution is 5.63. The van der Waals surface area contributed by atoms with E-state index in [9.17, 15) is 0 Å². The summed E-state index contributed by atoms with van der Waals surface area (Å²) >= 11 is 0. The van der Waals surface area contributed by atoms with Crippen LogP contribution in [0.3, 0.4) is 0 Å². The first-order valence-corrected chi connectivity index (χ1v) is 5.14. The van der Waals surface area contributed by atoms with Crippen LogP contribution in [0.2, 0.25) is 0 Å². The van der Waals surface area contributed by atoms with Crippen molar-refractivity contribution in [1.29, 1.82) is 0 Å². The van der Waals surface area contributed by atoms with E-state index in [2.05, 4.69) is 25.2 Å². The molecule has 1 aliphatic heterocycles. The summed E-state index contributed by atoms with van der Waals surface area (Å²) in [4.78, 5) is 0. The molecular weight excluding hydrogens is 174 g/mol. The number of anilines is 1. The summed E-state index contributed by atoms with van der Waals surface area (Å²) < 4.78 is 5.40. The maximum atomic E-state index is 5.40. The summed E-state index contributed by atoms with van der Waals surface area (Å²) in [6.45, 7) is 5.55. The van der Waals surface area contributed by atoms with Gasteiger partial charge in [-0.25, -0.2) is 0 Å². The molecule has 1 atom stereocenters. The van der Waals surface area contributed by atoms with Crippen molar-refractivity contribution < 1.29 is 4.74 Å². The Morgan fingerprint density at radius 3 is 2.86 bits per heavy atom. The lowest BCUT2D eigenvalue weighted by Gasteiger charge is -2.16. The molecule has 76 valence electrons. The van der Waals surface area contributed by atoms with E-state index in [0.717, 1.165) is 12.3 Å². The first-order chi connectivity index (χ1) is 6.74. The molecule has 1 aromatic rings. The molecule has 1 heterocycles. The Balaban J connectivity index is 2.45. The second kappa shape index (κ2) is 3.52. The lowest BCUT2D eigenvalue weighted by atomic mass is 9.90. The van der Waals surface area contributed by atoms with Crippen LogP contribution in [0.25, 0.3) is 0 Å². The highest BCUT2D eigenvalue weighted by Crippen LogP contribution is 2.41. The predicted molar refractivity (Wildman–Crippen MR) is 59.1 cm³/mol. The summed E-state index contributed by atoms with van der Waals surface area (Å²) in [5, 5.41) is 3.43. The van der Waals surface area contributed by atoms with E-state index >= 15 is 0 Å². The third-order valence-corrected chi connectivity index (χ3v) is 2.97. The third-order valence-electron chi connectivity index (χ3n) is 2.97. The molecule has 0 spiro atoms. The summed E-state index contributed by atoms with van der Waals surface area (Å²) in [6, 6.07) is 6.20. The lowest BCUT2D eigenvalue weighted by molar-refractivity contribution is 0.401. The van der Waals surface area contributed by atoms with Crippen LogP contribution in [-0.2, 0) is 0 Å². The van der Waals surface area contributed by atoms with Gasteiger partial charge in [-0.3, -0.25) is 0 Å². The molecule has 0 aliphatic carbocycles. The van der Waals surface area contributed by atoms with E-state index < -0.39 is 0 Å². The van der Waals surface area contributed by atoms with Crippen molar-refractivity contribution in [3.8, 4) is 5.75 Å². The van der Waals surface area contributed by atoms with Gasteiger partial charge in [0.2, 0.25) is 0 Å². The number of benzene rings is 1. The van der Waals surface area contributed by atoms with E-state index in [1.165, 1.54) is 11.3 Å². The zero-order chi connectivity index (χ0) is 10.1. The SMILES string of the molecule is COc1cccc2c1C(C(C)C)CN2. The largest absolute Gasteiger partial charge is 0.496 e. The van der Waals surface area contributed by atoms with Crippen molar-refractivity contribution in [2.24, 2.45) is 5.92 Å². The maximum absolute atomic E-state index is 5.40. The second-order valence-electron chi connectivity index (χ2n) is 4.15. The Kier molecular flexibility index (Phi) is 2.36. The molecule has 0 bridgehead atoms. The van der Waals surface area contributed by atoms with Crippen LogP contribution in [0.5, 0.6) is 5.75 Å². The van der Waals surface area contributed by atoms with Crippen molar-refractivity contribution in [3.05, 3.63) is 23.8 Å². The van der Waals surface area contributed by atoms with Crippen molar-refractivity contribution >= 4 is 5.69 Å². The predicted octanol–water partition coefficient (Wildman–Crippen LogP) is 2.86. The standard InChI is InChI=1S/C12H17NO/c1-8(2)9-7-13-10-5-4-6-11(14-3)12(9)10/h4-6,8-9,13H,7H2,1-3H3. The molecular formula is C12H17NO. The van der Waals surface area contributed by atoms with Gasteiger partial charge in [-0.15, -0.1) is 0 Å². The van der Waals surface area contributed by atoms with E-state index in [1.54, 1.807) is 7.11 Å². The molecule has 0 fully saturated rings. The van der Waals surface area contributed by atoms with E-state index in [0.29, 0.717) is 11.8 Å². The van der Waals surface area contributed by atoms with Crippen molar-refractivity contribution in [3.63, 3.8) is 0 Å². The molecule has 0 aromatic heterocycles. The van der Waals surface area contributed by atoms with Crippen LogP contribution in [0, 0.1) is 5.92 Å². The fraction of sp³-hybridized carbons (Fsp3) is 0.500. The van der Waals surface area contributed by atoms with Crippen LogP contribution in [0.15, 0.2) is 18.2 Å². The smallest absolute Gasteiger partial charge is 0.124 e. The Labute approximate surface area is 85.3 Å². The van der Waals surface area contributed by atoms with Crippen LogP contribution < -0.4 is 10.1 Å². The average molecular weight is 191 g/mol. The van der Waals surface area contributed by atoms with Gasteiger partial charge in [0.05, 0.1) is 7.11 Å². The molecule has 0 saturated carbocycles. The molecule has 0 radical (unpaired) electrons. The van der Waals surface area contributed by atoms with E-state index in [4.69, 9.17) is 4.74 Å². The summed E-state index contributed by atoms with van der Waals surface area (Å²) in [7, 11) is 1.74. The van der Waals surface area contributed by atoms with Crippen molar-refractivity contribution in [2.45, 2.75) is 19.8 Å². The Morgan fingerprint density at radius 1 is 1.43 bits per heavy atom. The zero-order valence-corrected chi connectivity index (χ0v) is 9.00. The number of hydrogen-bond donors (Lipinski definition) is 1. The quantitative estimate of drug-likeness (QED) is 0.776. The molecule has 0 amide bonds. The van der Waals surface area contributed by atoms with Gasteiger partial charge in [-0.1, -0.05) is 19.9 Å². The summed E-state index contributed by atoms with van der Waals surface area (Å²) in [6.07, 6.45) is 0. The fourth-order valence-corrected chi connectivity index (χ4v) is 2.15. The lowest BCUT2D eigenvalue weighted by Crippen LogP contribution is -2.09. The van der Waals surface area contributed by atoms with Crippen LogP contribution >= 0.6 is 0 Å². The van der Waals surface area contributed by atoms with Crippen LogP contribution in [0.4, 0.5) is 5.69 Å². The first-order valence-electron chi connectivity index (χ1n) is 5.14. The Hall–Kier alpha value is -1.18. The van der Waals surface area contributed by atoms with Gasteiger partial charge in [-0.05, 0) is 18.1 Å². The van der Waals surface area contributed by atoms with Gasteiger partial charge in [0.15, 0.2) is 0 Å². The van der Waals surface area contributed by atoms with Crippen LogP contribution in [0.1, 0.15) is 25.3 Å². The first kappa shape index (κ1) is 9.38. The second-order valence-corrected chi connectivity index (χ2v) is 4.15. The van der Waals surface area contributed by atoms with Gasteiger partial charge in [0.1, 0.15) is 5.75 Å². The molecule has 14 heavy (non-hydrogen) atoms. The number of nitrogens with one attached hydrogen (secondary N) is 1. The van der Waals surface area contributed by atoms with E-state index in [1.807, 2.05) is 12.1 Å². The molecule has 1 aliphatic rings. The average Bonchev–Trinajstić information content (AvgIpc) is 2.60. The molecule has 0 saturated heterocycles. The monoisotopic (exact) mass is 191 g/mol. The number of rotatable bonds is 2. The normalized spacial score (nSPS) is 19.3. The minimum atomic E-state index is 0.584. The number of fused-ring (bicyclic) bond motifs is 1. The van der Waals surface area contributed by atoms with Crippen molar-refractivity contribution in [1.82, 2.24) is 0 Å². The Morgan fingerprint density at radius 2 is 2.21 bits per heavy atom. The highest BCUT2D eigenvalue weighted by atomic mass is 16.5. The van der Waals surface area contributed by atoms with Gasteiger partial charge >= 0.3 is 0 Å². The van der Waals surface area contributed by atoms with Gasteiger partial charge in [0.25, 0.3) is 0 Å². The number of hydrogen-bond acceptors (Lipinski definition) is 2. The minimum Gasteiger partial charge on any atom is -0.496 e. The molecule has 1 unspecified atom stereocenters. The van der Waals surface area contributed by atoms with Crippen LogP contribution in [-0.4, -0.2) is 13.7 Å². The third kappa shape index (κ3) is 1.35. The maximum Gasteiger partial charge on any atom is 0.124 e. The highest BCUT2D eigenvalue weighted by Gasteiger charge is 2.27. The van der Waals surface area contributed by atoms with Gasteiger partial charge < -0.3 is 10.1 Å². The van der Waals surface area contributed by atoms with Gasteiger partial charge in [-0.2, -0.15) is 0 Å². The number of ether oxygens (including phenoxy) is 1. The summed E-state index contributed by atoms with van der Waals surface area (Å²) in [5.74, 6) is 2.26. The molecule has 2 nitrogen and oxygen atoms in total. The molecule has 1 aromatic carbocycles. The van der Waals surface area contributed by atoms with E-state index in [-0.39, 0.29) is 0 Å². The molecule has 2 heteroatoms. The Bertz CT molecular complexity index is 333. The minimum absolute atomic E-state index is 0.584. The molecule has 2 rings (SSSR count). The van der Waals surface area contributed by atoms with Gasteiger partial charge in [0, 0.05) is 23.7 Å². The van der Waals surface area contributed by atoms with Crippen molar-refractivity contribution in [2.75, 3.05) is 19.0 Å². The fourth-order valence-electron chi connectivity index (χ4n) is 2.15. The summed E-state index contributed by atoms with van der Waals surface area (Å²) in [5.41, 5.74) is 2.59.